The van der Waals surface area contributed by atoms with Gasteiger partial charge in [-0.2, -0.15) is 0 Å². The van der Waals surface area contributed by atoms with Gasteiger partial charge in [0, 0.05) is 0 Å². The van der Waals surface area contributed by atoms with Gasteiger partial charge in [-0.3, -0.25) is 0 Å². The third-order valence-corrected chi connectivity index (χ3v) is 25.6. The number of rotatable bonds is 5. The average Bonchev–Trinajstić information content (AvgIpc) is 3.57. The van der Waals surface area contributed by atoms with Crippen molar-refractivity contribution in [1.29, 1.82) is 0 Å². The van der Waals surface area contributed by atoms with Crippen LogP contribution in [-0.2, 0) is 31.1 Å². The van der Waals surface area contributed by atoms with Gasteiger partial charge >= 0.3 is 218 Å². The van der Waals surface area contributed by atoms with Crippen LogP contribution in [0.5, 0.6) is 0 Å². The Morgan fingerprint density at radius 1 is 0.806 bits per heavy atom. The molecule has 0 N–H and O–H groups in total. The summed E-state index contributed by atoms with van der Waals surface area (Å²) in [4.78, 5) is 0. The van der Waals surface area contributed by atoms with E-state index in [1.165, 1.54) is 48.8 Å². The molecule has 0 aromatic heterocycles. The Labute approximate surface area is 216 Å². The summed E-state index contributed by atoms with van der Waals surface area (Å²) in [6, 6.07) is 32.6. The fourth-order valence-electron chi connectivity index (χ4n) is 7.05. The molecule has 0 heterocycles. The Bertz CT molecular complexity index is 1610. The second-order valence-electron chi connectivity index (χ2n) is 10.8. The number of aryl methyl sites for hydroxylation is 3. The van der Waals surface area contributed by atoms with Crippen molar-refractivity contribution >= 4 is 14.0 Å². The van der Waals surface area contributed by atoms with Crippen LogP contribution in [0, 0.1) is 13.8 Å². The van der Waals surface area contributed by atoms with Gasteiger partial charge in [-0.1, -0.05) is 0 Å². The molecule has 0 saturated carbocycles. The molecule has 0 spiro atoms. The third-order valence-electron chi connectivity index (χ3n) is 8.88. The second kappa shape index (κ2) is 8.60. The number of benzene rings is 4. The van der Waals surface area contributed by atoms with Crippen molar-refractivity contribution in [3.63, 3.8) is 0 Å². The SMILES string of the molecule is [CH2]=[Zr]([C]1=CC=CC1)([c]1ccccc1)([c]1ccc(CC)cc1)[c]1c(C)ccc2c1Cc1cc(C)ccc1-2. The van der Waals surface area contributed by atoms with Gasteiger partial charge in [0.15, 0.2) is 0 Å². The monoisotopic (exact) mass is 544 g/mol. The van der Waals surface area contributed by atoms with E-state index in [-0.39, 0.29) is 0 Å². The Hall–Kier alpha value is -2.89. The fraction of sp³-hybridized carbons (Fsp3) is 0.171. The van der Waals surface area contributed by atoms with Gasteiger partial charge in [-0.25, -0.2) is 0 Å². The Morgan fingerprint density at radius 3 is 2.22 bits per heavy atom. The molecular formula is C35H34Zr. The molecule has 1 heteroatoms. The normalized spacial score (nSPS) is 14.5. The first kappa shape index (κ1) is 23.5. The molecule has 36 heavy (non-hydrogen) atoms. The van der Waals surface area contributed by atoms with E-state index >= 15 is 0 Å². The summed E-state index contributed by atoms with van der Waals surface area (Å²) >= 11 is -4.57. The van der Waals surface area contributed by atoms with Crippen molar-refractivity contribution in [3.8, 4) is 11.1 Å². The van der Waals surface area contributed by atoms with Crippen molar-refractivity contribution in [1.82, 2.24) is 0 Å². The molecular weight excluding hydrogens is 512 g/mol. The predicted molar refractivity (Wildman–Crippen MR) is 154 cm³/mol. The van der Waals surface area contributed by atoms with E-state index in [1.807, 2.05) is 0 Å². The number of hydrogen-bond donors (Lipinski definition) is 0. The molecule has 0 atom stereocenters. The molecule has 178 valence electrons. The minimum absolute atomic E-state index is 0.981. The molecule has 0 nitrogen and oxygen atoms in total. The van der Waals surface area contributed by atoms with E-state index in [0.717, 1.165) is 19.3 Å². The van der Waals surface area contributed by atoms with Crippen LogP contribution in [0.2, 0.25) is 0 Å². The average molecular weight is 546 g/mol. The zero-order valence-corrected chi connectivity index (χ0v) is 24.1. The standard InChI is InChI=1S/C15H13.C8H9.C6H5.C5H5.CH2.Zr/c1-10-3-5-14-12(7-10)9-13-8-11(2)4-6-15(13)14;1-2-8-6-4-3-5-7-8;1-2-4-6-5-3-1;1-2-4-5-3-1;;/h3-7H,9H2,1-2H3;4-7H,2H2,1H3;1-5H;1-3H,4H2;1H2;. The predicted octanol–water partition coefficient (Wildman–Crippen LogP) is 6.68. The first-order chi connectivity index (χ1) is 17.4. The number of fused-ring (bicyclic) bond motifs is 3. The van der Waals surface area contributed by atoms with Gasteiger partial charge in [0.1, 0.15) is 0 Å². The zero-order chi connectivity index (χ0) is 24.9. The summed E-state index contributed by atoms with van der Waals surface area (Å²) in [6.07, 6.45) is 10.0. The van der Waals surface area contributed by atoms with Crippen molar-refractivity contribution < 1.29 is 18.3 Å². The van der Waals surface area contributed by atoms with Crippen LogP contribution in [0.15, 0.2) is 106 Å². The van der Waals surface area contributed by atoms with Crippen LogP contribution in [-0.4, -0.2) is 4.21 Å². The molecule has 4 aromatic carbocycles. The Morgan fingerprint density at radius 2 is 1.53 bits per heavy atom. The van der Waals surface area contributed by atoms with Gasteiger partial charge in [-0.15, -0.1) is 0 Å². The quantitative estimate of drug-likeness (QED) is 0.231. The van der Waals surface area contributed by atoms with Crippen LogP contribution in [0.1, 0.15) is 41.2 Å². The van der Waals surface area contributed by atoms with Crippen LogP contribution < -0.4 is 9.81 Å². The van der Waals surface area contributed by atoms with Gasteiger partial charge in [0.2, 0.25) is 0 Å². The van der Waals surface area contributed by atoms with Crippen LogP contribution in [0.3, 0.4) is 0 Å². The van der Waals surface area contributed by atoms with Crippen LogP contribution in [0.4, 0.5) is 0 Å². The molecule has 0 unspecified atom stereocenters. The number of allylic oxidation sites excluding steroid dienone is 4. The maximum atomic E-state index is 5.57. The van der Waals surface area contributed by atoms with E-state index in [2.05, 4.69) is 124 Å². The van der Waals surface area contributed by atoms with E-state index in [9.17, 15) is 0 Å². The summed E-state index contributed by atoms with van der Waals surface area (Å²) < 4.78 is 11.5. The van der Waals surface area contributed by atoms with E-state index < -0.39 is 18.3 Å². The zero-order valence-electron chi connectivity index (χ0n) is 21.6. The molecule has 4 aromatic rings. The van der Waals surface area contributed by atoms with Gasteiger partial charge in [-0.05, 0) is 0 Å². The van der Waals surface area contributed by atoms with E-state index in [0.29, 0.717) is 0 Å². The van der Waals surface area contributed by atoms with Crippen molar-refractivity contribution in [2.45, 2.75) is 40.0 Å². The summed E-state index contributed by atoms with van der Waals surface area (Å²) in [5, 5.41) is 0. The van der Waals surface area contributed by atoms with E-state index in [1.54, 1.807) is 3.27 Å². The van der Waals surface area contributed by atoms with Crippen molar-refractivity contribution in [3.05, 3.63) is 134 Å². The third kappa shape index (κ3) is 3.19. The first-order valence-corrected chi connectivity index (χ1v) is 19.9. The summed E-state index contributed by atoms with van der Waals surface area (Å²) in [6.45, 7) is 6.77. The molecule has 6 rings (SSSR count). The molecule has 2 aliphatic rings. The number of hydrogen-bond acceptors (Lipinski definition) is 0. The molecule has 0 fully saturated rings. The Kier molecular flexibility index (Phi) is 5.62. The fourth-order valence-corrected chi connectivity index (χ4v) is 23.5. The van der Waals surface area contributed by atoms with Crippen molar-refractivity contribution in [2.75, 3.05) is 0 Å². The summed E-state index contributed by atoms with van der Waals surface area (Å²) in [5.41, 5.74) is 9.86. The van der Waals surface area contributed by atoms with Crippen LogP contribution >= 0.6 is 0 Å². The molecule has 0 amide bonds. The van der Waals surface area contributed by atoms with Gasteiger partial charge < -0.3 is 0 Å². The summed E-state index contributed by atoms with van der Waals surface area (Å²) in [5.74, 6) is 0. The topological polar surface area (TPSA) is 0 Å². The van der Waals surface area contributed by atoms with Gasteiger partial charge in [0.25, 0.3) is 0 Å². The molecule has 2 aliphatic carbocycles. The summed E-state index contributed by atoms with van der Waals surface area (Å²) in [7, 11) is 0. The molecule has 0 aliphatic heterocycles. The van der Waals surface area contributed by atoms with E-state index in [4.69, 9.17) is 4.21 Å². The van der Waals surface area contributed by atoms with Crippen LogP contribution in [0.25, 0.3) is 11.1 Å². The Balaban J connectivity index is 1.78. The second-order valence-corrected chi connectivity index (χ2v) is 23.6. The molecule has 0 saturated heterocycles. The first-order valence-electron chi connectivity index (χ1n) is 13.2. The maximum absolute atomic E-state index is 5.57. The minimum atomic E-state index is -4.57. The molecule has 0 bridgehead atoms. The van der Waals surface area contributed by atoms with Crippen molar-refractivity contribution in [2.24, 2.45) is 0 Å². The van der Waals surface area contributed by atoms with Gasteiger partial charge in [0.05, 0.1) is 0 Å². The molecule has 0 radical (unpaired) electrons.